The molecule has 56 heavy (non-hydrogen) atoms. The number of phenolic OH excluding ortho intramolecular Hbond substituents is 2. The van der Waals surface area contributed by atoms with Crippen LogP contribution in [0.1, 0.15) is 88.6 Å². The number of aliphatic hydroxyl groups is 5. The lowest BCUT2D eigenvalue weighted by molar-refractivity contribution is -0.247. The lowest BCUT2D eigenvalue weighted by atomic mass is 9.72. The van der Waals surface area contributed by atoms with Gasteiger partial charge < -0.3 is 71.8 Å². The van der Waals surface area contributed by atoms with Crippen molar-refractivity contribution in [1.29, 1.82) is 0 Å². The number of halogens is 1. The van der Waals surface area contributed by atoms with Crippen molar-refractivity contribution in [1.82, 2.24) is 5.32 Å². The standard InChI is InChI=1S/C27H29NO10.C9H18N2O6.ClH/c1-10-22(30)14(28)7-17(37-10)38-16-9-27(35,11(2)29)8-13-19(16)26(34)21-20(24(13)32)23(31)12-5-4-6-15(36-3)18(12)25(21)33;10-6(8(16)17)1-2-7(15)11-9(3-12,4-13)5-14;/h4-6,10,14,16-17,22,30,32,34-35H,7-9,28H2,1-3H3;6,12-14H,1-5,10H2,(H,11,15)(H,16,17);1H. The van der Waals surface area contributed by atoms with Gasteiger partial charge in [-0.1, -0.05) is 12.1 Å². The fraction of sp³-hybridized carbons (Fsp3) is 0.528. The van der Waals surface area contributed by atoms with Gasteiger partial charge in [0.1, 0.15) is 34.4 Å². The molecule has 20 heteroatoms. The van der Waals surface area contributed by atoms with Crippen molar-refractivity contribution in [3.8, 4) is 17.2 Å². The van der Waals surface area contributed by atoms with Crippen LogP contribution in [0.3, 0.4) is 0 Å². The van der Waals surface area contributed by atoms with E-state index < -0.39 is 126 Å². The number of hydrogen-bond acceptors (Lipinski definition) is 17. The van der Waals surface area contributed by atoms with Crippen LogP contribution in [0.25, 0.3) is 0 Å². The second-order valence-corrected chi connectivity index (χ2v) is 13.9. The first kappa shape index (κ1) is 46.1. The largest absolute Gasteiger partial charge is 0.507 e. The molecule has 19 nitrogen and oxygen atoms in total. The molecule has 2 aromatic carbocycles. The number of ketones is 3. The molecular weight excluding hydrogens is 766 g/mol. The molecule has 3 aliphatic rings. The van der Waals surface area contributed by atoms with E-state index in [-0.39, 0.29) is 66.1 Å². The number of carbonyl (C=O) groups excluding carboxylic acids is 4. The van der Waals surface area contributed by atoms with Gasteiger partial charge in [0.15, 0.2) is 17.9 Å². The van der Waals surface area contributed by atoms with E-state index in [2.05, 4.69) is 5.32 Å². The number of carboxylic acid groups (broad SMARTS) is 1. The van der Waals surface area contributed by atoms with Crippen LogP contribution < -0.4 is 21.5 Å². The fourth-order valence-corrected chi connectivity index (χ4v) is 6.70. The average Bonchev–Trinajstić information content (AvgIpc) is 3.15. The molecule has 0 bridgehead atoms. The summed E-state index contributed by atoms with van der Waals surface area (Å²) in [4.78, 5) is 61.3. The van der Waals surface area contributed by atoms with E-state index in [9.17, 15) is 44.4 Å². The van der Waals surface area contributed by atoms with Crippen LogP contribution in [-0.4, -0.2) is 139 Å². The van der Waals surface area contributed by atoms with Gasteiger partial charge in [-0.25, -0.2) is 0 Å². The Labute approximate surface area is 326 Å². The number of rotatable bonds is 12. The minimum absolute atomic E-state index is 0. The highest BCUT2D eigenvalue weighted by Gasteiger charge is 2.49. The zero-order valence-corrected chi connectivity index (χ0v) is 31.6. The number of hydrogen-bond donors (Lipinski definition) is 11. The maximum atomic E-state index is 13.6. The summed E-state index contributed by atoms with van der Waals surface area (Å²) in [6, 6.07) is 2.60. The van der Waals surface area contributed by atoms with E-state index in [1.54, 1.807) is 6.92 Å². The number of nitrogens with two attached hydrogens (primary N) is 2. The number of amides is 1. The number of aromatic hydroxyl groups is 2. The Morgan fingerprint density at radius 1 is 1.05 bits per heavy atom. The number of methoxy groups -OCH3 is 1. The third kappa shape index (κ3) is 8.97. The van der Waals surface area contributed by atoms with Gasteiger partial charge in [-0.05, 0) is 26.3 Å². The smallest absolute Gasteiger partial charge is 0.320 e. The second-order valence-electron chi connectivity index (χ2n) is 13.9. The molecule has 1 saturated heterocycles. The molecule has 0 radical (unpaired) electrons. The summed E-state index contributed by atoms with van der Waals surface area (Å²) in [7, 11) is 1.34. The fourth-order valence-electron chi connectivity index (χ4n) is 6.70. The topological polar surface area (TPSA) is 339 Å². The molecule has 0 saturated carbocycles. The van der Waals surface area contributed by atoms with E-state index >= 15 is 0 Å². The van der Waals surface area contributed by atoms with Crippen LogP contribution in [0.4, 0.5) is 0 Å². The lowest BCUT2D eigenvalue weighted by Gasteiger charge is -2.42. The Balaban J connectivity index is 0.000000398. The molecule has 1 aliphatic heterocycles. The quantitative estimate of drug-likeness (QED) is 0.0923. The average molecular weight is 814 g/mol. The minimum Gasteiger partial charge on any atom is -0.507 e. The zero-order valence-electron chi connectivity index (χ0n) is 30.8. The Kier molecular flexibility index (Phi) is 15.1. The van der Waals surface area contributed by atoms with Gasteiger partial charge in [-0.15, -0.1) is 12.4 Å². The zero-order chi connectivity index (χ0) is 41.2. The number of fused-ring (bicyclic) bond motifs is 3. The van der Waals surface area contributed by atoms with Crippen LogP contribution in [-0.2, 0) is 30.3 Å². The summed E-state index contributed by atoms with van der Waals surface area (Å²) in [6.45, 7) is 0.903. The summed E-state index contributed by atoms with van der Waals surface area (Å²) >= 11 is 0. The molecular formula is C36H48ClN3O16. The third-order valence-electron chi connectivity index (χ3n) is 10.1. The second kappa shape index (κ2) is 18.3. The number of benzene rings is 2. The number of Topliss-reactive ketones (excluding diaryl/α,β-unsaturated/α-hetero) is 1. The van der Waals surface area contributed by atoms with Gasteiger partial charge in [0.2, 0.25) is 11.7 Å². The van der Waals surface area contributed by atoms with Crippen LogP contribution in [0.5, 0.6) is 17.2 Å². The normalized spacial score (nSPS) is 24.6. The third-order valence-corrected chi connectivity index (χ3v) is 10.1. The van der Waals surface area contributed by atoms with E-state index in [0.717, 1.165) is 0 Å². The number of aliphatic hydroxyl groups excluding tert-OH is 4. The van der Waals surface area contributed by atoms with Gasteiger partial charge in [-0.2, -0.15) is 0 Å². The Bertz CT molecular complexity index is 1820. The highest BCUT2D eigenvalue weighted by Crippen LogP contribution is 2.52. The molecule has 2 aliphatic carbocycles. The molecule has 0 aromatic heterocycles. The van der Waals surface area contributed by atoms with Gasteiger partial charge in [-0.3, -0.25) is 24.0 Å². The number of ether oxygens (including phenoxy) is 3. The van der Waals surface area contributed by atoms with Crippen molar-refractivity contribution in [3.05, 3.63) is 51.6 Å². The van der Waals surface area contributed by atoms with Crippen molar-refractivity contribution < 1.29 is 79.0 Å². The Morgan fingerprint density at radius 2 is 1.66 bits per heavy atom. The van der Waals surface area contributed by atoms with Crippen molar-refractivity contribution >= 4 is 41.6 Å². The van der Waals surface area contributed by atoms with Gasteiger partial charge in [0, 0.05) is 48.4 Å². The van der Waals surface area contributed by atoms with Crippen LogP contribution in [0.15, 0.2) is 18.2 Å². The first-order chi connectivity index (χ1) is 25.8. The predicted molar refractivity (Wildman–Crippen MR) is 195 cm³/mol. The molecule has 1 fully saturated rings. The molecule has 1 heterocycles. The predicted octanol–water partition coefficient (Wildman–Crippen LogP) is -1.54. The van der Waals surface area contributed by atoms with Crippen molar-refractivity contribution in [2.24, 2.45) is 11.5 Å². The maximum absolute atomic E-state index is 13.6. The number of carbonyl (C=O) groups is 5. The monoisotopic (exact) mass is 813 g/mol. The highest BCUT2D eigenvalue weighted by molar-refractivity contribution is 6.31. The lowest BCUT2D eigenvalue weighted by Crippen LogP contribution is -2.57. The summed E-state index contributed by atoms with van der Waals surface area (Å²) in [5.41, 5.74) is 6.68. The molecule has 1 amide bonds. The van der Waals surface area contributed by atoms with Gasteiger partial charge >= 0.3 is 5.97 Å². The van der Waals surface area contributed by atoms with Crippen LogP contribution in [0.2, 0.25) is 0 Å². The Hall–Kier alpha value is -4.28. The molecule has 0 spiro atoms. The molecule has 7 atom stereocenters. The van der Waals surface area contributed by atoms with Crippen molar-refractivity contribution in [2.45, 2.75) is 93.8 Å². The number of carboxylic acids is 1. The van der Waals surface area contributed by atoms with Crippen molar-refractivity contribution in [3.63, 3.8) is 0 Å². The van der Waals surface area contributed by atoms with Crippen LogP contribution in [0, 0.1) is 0 Å². The molecule has 5 rings (SSSR count). The number of aliphatic carboxylic acids is 1. The van der Waals surface area contributed by atoms with Gasteiger partial charge in [0.05, 0.1) is 61.9 Å². The van der Waals surface area contributed by atoms with E-state index in [1.165, 1.54) is 32.2 Å². The van der Waals surface area contributed by atoms with Gasteiger partial charge in [0.25, 0.3) is 0 Å². The van der Waals surface area contributed by atoms with E-state index in [4.69, 9.17) is 46.1 Å². The highest BCUT2D eigenvalue weighted by atomic mass is 35.5. The molecule has 7 unspecified atom stereocenters. The summed E-state index contributed by atoms with van der Waals surface area (Å²) < 4.78 is 17.1. The number of nitrogens with one attached hydrogen (secondary N) is 1. The van der Waals surface area contributed by atoms with Crippen LogP contribution >= 0.6 is 12.4 Å². The molecule has 2 aromatic rings. The maximum Gasteiger partial charge on any atom is 0.320 e. The first-order valence-electron chi connectivity index (χ1n) is 17.3. The Morgan fingerprint density at radius 3 is 2.20 bits per heavy atom. The summed E-state index contributed by atoms with van der Waals surface area (Å²) in [6.07, 6.45) is -4.77. The molecule has 310 valence electrons. The number of phenols is 2. The SMILES string of the molecule is COc1cccc2c1C(=O)c1c(O)c3c(c(O)c1C2=O)CC(O)(C(C)=O)CC3OC1CC(N)C(O)C(C)O1.Cl.NC(CCC(=O)NC(CO)(CO)CO)C(=O)O. The van der Waals surface area contributed by atoms with E-state index in [1.807, 2.05) is 0 Å². The summed E-state index contributed by atoms with van der Waals surface area (Å²) in [5.74, 6) is -4.99. The van der Waals surface area contributed by atoms with Crippen molar-refractivity contribution in [2.75, 3.05) is 26.9 Å². The first-order valence-corrected chi connectivity index (χ1v) is 17.3. The summed E-state index contributed by atoms with van der Waals surface area (Å²) in [5, 5.41) is 81.7. The minimum atomic E-state index is -2.00. The molecule has 13 N–H and O–H groups in total. The van der Waals surface area contributed by atoms with E-state index in [0.29, 0.717) is 0 Å².